The Morgan fingerprint density at radius 2 is 1.63 bits per heavy atom. The fraction of sp³-hybridized carbons (Fsp3) is 0.269. The molecule has 4 heteroatoms. The molecule has 0 fully saturated rings. The van der Waals surface area contributed by atoms with Crippen LogP contribution in [0.5, 0.6) is 11.5 Å². The SMILES string of the molecule is CCC(C)c1cccc(COCCOc2ccc(C(=O)Oc3ccccc3)cc2)c1. The number of rotatable bonds is 10. The third-order valence-electron chi connectivity index (χ3n) is 4.94. The van der Waals surface area contributed by atoms with Gasteiger partial charge in [-0.25, -0.2) is 4.79 Å². The maximum absolute atomic E-state index is 12.2. The van der Waals surface area contributed by atoms with Gasteiger partial charge in [-0.15, -0.1) is 0 Å². The first-order chi connectivity index (χ1) is 14.7. The van der Waals surface area contributed by atoms with Gasteiger partial charge in [-0.2, -0.15) is 0 Å². The first-order valence-corrected chi connectivity index (χ1v) is 10.3. The molecule has 156 valence electrons. The predicted octanol–water partition coefficient (Wildman–Crippen LogP) is 6.01. The van der Waals surface area contributed by atoms with Crippen LogP contribution in [0.25, 0.3) is 0 Å². The van der Waals surface area contributed by atoms with Crippen molar-refractivity contribution in [3.63, 3.8) is 0 Å². The van der Waals surface area contributed by atoms with Crippen molar-refractivity contribution < 1.29 is 19.0 Å². The number of carbonyl (C=O) groups excluding carboxylic acids is 1. The van der Waals surface area contributed by atoms with Crippen molar-refractivity contribution in [1.29, 1.82) is 0 Å². The molecule has 0 amide bonds. The van der Waals surface area contributed by atoms with Crippen molar-refractivity contribution in [3.8, 4) is 11.5 Å². The summed E-state index contributed by atoms with van der Waals surface area (Å²) in [5.41, 5.74) is 3.00. The summed E-state index contributed by atoms with van der Waals surface area (Å²) in [6.45, 7) is 5.94. The van der Waals surface area contributed by atoms with Gasteiger partial charge in [0.05, 0.1) is 18.8 Å². The molecule has 0 heterocycles. The van der Waals surface area contributed by atoms with E-state index in [-0.39, 0.29) is 0 Å². The normalized spacial score (nSPS) is 11.7. The Labute approximate surface area is 178 Å². The molecule has 3 aromatic rings. The number of hydrogen-bond donors (Lipinski definition) is 0. The highest BCUT2D eigenvalue weighted by atomic mass is 16.5. The summed E-state index contributed by atoms with van der Waals surface area (Å²) >= 11 is 0. The van der Waals surface area contributed by atoms with Gasteiger partial charge in [0.1, 0.15) is 18.1 Å². The lowest BCUT2D eigenvalue weighted by Crippen LogP contribution is -2.09. The van der Waals surface area contributed by atoms with Crippen LogP contribution in [0.1, 0.15) is 47.7 Å². The lowest BCUT2D eigenvalue weighted by atomic mass is 9.97. The molecule has 0 aliphatic carbocycles. The summed E-state index contributed by atoms with van der Waals surface area (Å²) in [6.07, 6.45) is 1.13. The van der Waals surface area contributed by atoms with Crippen LogP contribution in [0, 0.1) is 0 Å². The second-order valence-corrected chi connectivity index (χ2v) is 7.18. The minimum Gasteiger partial charge on any atom is -0.491 e. The van der Waals surface area contributed by atoms with Gasteiger partial charge in [-0.1, -0.05) is 56.3 Å². The molecule has 4 nitrogen and oxygen atoms in total. The fourth-order valence-corrected chi connectivity index (χ4v) is 2.98. The Kier molecular flexibility index (Phi) is 8.04. The average molecular weight is 405 g/mol. The molecule has 1 atom stereocenters. The van der Waals surface area contributed by atoms with Crippen LogP contribution < -0.4 is 9.47 Å². The van der Waals surface area contributed by atoms with E-state index in [2.05, 4.69) is 38.1 Å². The van der Waals surface area contributed by atoms with E-state index in [4.69, 9.17) is 14.2 Å². The Balaban J connectivity index is 1.40. The highest BCUT2D eigenvalue weighted by Gasteiger charge is 2.08. The van der Waals surface area contributed by atoms with Crippen LogP contribution in [0.2, 0.25) is 0 Å². The fourth-order valence-electron chi connectivity index (χ4n) is 2.98. The highest BCUT2D eigenvalue weighted by molar-refractivity contribution is 5.91. The van der Waals surface area contributed by atoms with E-state index in [1.165, 1.54) is 11.1 Å². The molecule has 0 spiro atoms. The van der Waals surface area contributed by atoms with E-state index in [0.29, 0.717) is 42.8 Å². The van der Waals surface area contributed by atoms with Gasteiger partial charge in [-0.3, -0.25) is 0 Å². The van der Waals surface area contributed by atoms with Crippen LogP contribution >= 0.6 is 0 Å². The van der Waals surface area contributed by atoms with Gasteiger partial charge in [0, 0.05) is 0 Å². The highest BCUT2D eigenvalue weighted by Crippen LogP contribution is 2.20. The third-order valence-corrected chi connectivity index (χ3v) is 4.94. The van der Waals surface area contributed by atoms with E-state index in [1.807, 2.05) is 18.2 Å². The summed E-state index contributed by atoms with van der Waals surface area (Å²) < 4.78 is 16.8. The van der Waals surface area contributed by atoms with Crippen LogP contribution in [0.3, 0.4) is 0 Å². The van der Waals surface area contributed by atoms with Gasteiger partial charge in [0.15, 0.2) is 0 Å². The summed E-state index contributed by atoms with van der Waals surface area (Å²) in [4.78, 5) is 12.2. The summed E-state index contributed by atoms with van der Waals surface area (Å²) in [6, 6.07) is 24.5. The van der Waals surface area contributed by atoms with E-state index in [0.717, 1.165) is 6.42 Å². The van der Waals surface area contributed by atoms with Crippen molar-refractivity contribution >= 4 is 5.97 Å². The molecule has 30 heavy (non-hydrogen) atoms. The second kappa shape index (κ2) is 11.2. The summed E-state index contributed by atoms with van der Waals surface area (Å²) in [5, 5.41) is 0. The number of para-hydroxylation sites is 1. The van der Waals surface area contributed by atoms with Gasteiger partial charge in [0.25, 0.3) is 0 Å². The molecular weight excluding hydrogens is 376 g/mol. The quantitative estimate of drug-likeness (QED) is 0.236. The number of esters is 1. The zero-order chi connectivity index (χ0) is 21.2. The molecule has 0 radical (unpaired) electrons. The second-order valence-electron chi connectivity index (χ2n) is 7.18. The Bertz CT molecular complexity index is 919. The monoisotopic (exact) mass is 404 g/mol. The van der Waals surface area contributed by atoms with Crippen molar-refractivity contribution in [3.05, 3.63) is 95.6 Å². The van der Waals surface area contributed by atoms with E-state index in [9.17, 15) is 4.79 Å². The van der Waals surface area contributed by atoms with Crippen molar-refractivity contribution in [2.45, 2.75) is 32.8 Å². The largest absolute Gasteiger partial charge is 0.491 e. The van der Waals surface area contributed by atoms with Crippen molar-refractivity contribution in [2.75, 3.05) is 13.2 Å². The lowest BCUT2D eigenvalue weighted by Gasteiger charge is -2.11. The van der Waals surface area contributed by atoms with E-state index < -0.39 is 5.97 Å². The number of benzene rings is 3. The number of ether oxygens (including phenoxy) is 3. The minimum absolute atomic E-state index is 0.393. The smallest absolute Gasteiger partial charge is 0.343 e. The van der Waals surface area contributed by atoms with Crippen LogP contribution in [-0.2, 0) is 11.3 Å². The zero-order valence-electron chi connectivity index (χ0n) is 17.5. The molecule has 3 rings (SSSR count). The zero-order valence-corrected chi connectivity index (χ0v) is 17.5. The Hall–Kier alpha value is -3.11. The maximum Gasteiger partial charge on any atom is 0.343 e. The molecule has 0 bridgehead atoms. The molecule has 0 saturated carbocycles. The van der Waals surface area contributed by atoms with Gasteiger partial charge >= 0.3 is 5.97 Å². The lowest BCUT2D eigenvalue weighted by molar-refractivity contribution is 0.0734. The third kappa shape index (κ3) is 6.46. The molecule has 3 aromatic carbocycles. The molecule has 0 saturated heterocycles. The van der Waals surface area contributed by atoms with Gasteiger partial charge < -0.3 is 14.2 Å². The number of carbonyl (C=O) groups is 1. The van der Waals surface area contributed by atoms with Crippen LogP contribution in [0.15, 0.2) is 78.9 Å². The van der Waals surface area contributed by atoms with E-state index in [1.54, 1.807) is 36.4 Å². The number of hydrogen-bond acceptors (Lipinski definition) is 4. The molecular formula is C26H28O4. The summed E-state index contributed by atoms with van der Waals surface area (Å²) in [7, 11) is 0. The average Bonchev–Trinajstić information content (AvgIpc) is 2.79. The first-order valence-electron chi connectivity index (χ1n) is 10.3. The molecule has 0 aromatic heterocycles. The molecule has 1 unspecified atom stereocenters. The molecule has 0 N–H and O–H groups in total. The summed E-state index contributed by atoms with van der Waals surface area (Å²) in [5.74, 6) is 1.38. The van der Waals surface area contributed by atoms with Crippen LogP contribution in [0.4, 0.5) is 0 Å². The Morgan fingerprint density at radius 1 is 0.867 bits per heavy atom. The predicted molar refractivity (Wildman–Crippen MR) is 118 cm³/mol. The topological polar surface area (TPSA) is 44.8 Å². The molecule has 0 aliphatic heterocycles. The standard InChI is InChI=1S/C26H28O4/c1-3-20(2)23-9-7-8-21(18-23)19-28-16-17-29-24-14-12-22(13-15-24)26(27)30-25-10-5-4-6-11-25/h4-15,18,20H,3,16-17,19H2,1-2H3. The van der Waals surface area contributed by atoms with Gasteiger partial charge in [0.2, 0.25) is 0 Å². The van der Waals surface area contributed by atoms with Crippen molar-refractivity contribution in [1.82, 2.24) is 0 Å². The van der Waals surface area contributed by atoms with Crippen LogP contribution in [-0.4, -0.2) is 19.2 Å². The maximum atomic E-state index is 12.2. The minimum atomic E-state index is -0.393. The van der Waals surface area contributed by atoms with E-state index >= 15 is 0 Å². The Morgan fingerprint density at radius 3 is 2.37 bits per heavy atom. The first kappa shape index (κ1) is 21.6. The molecule has 0 aliphatic rings. The van der Waals surface area contributed by atoms with Gasteiger partial charge in [-0.05, 0) is 59.9 Å². The van der Waals surface area contributed by atoms with Crippen molar-refractivity contribution in [2.24, 2.45) is 0 Å².